The molecule has 0 spiro atoms. The third kappa shape index (κ3) is 3.93. The van der Waals surface area contributed by atoms with Crippen molar-refractivity contribution in [3.05, 3.63) is 30.6 Å². The second kappa shape index (κ2) is 7.69. The second-order valence-electron chi connectivity index (χ2n) is 7.23. The molecular weight excluding hydrogens is 369 g/mol. The van der Waals surface area contributed by atoms with Crippen LogP contribution in [0.2, 0.25) is 0 Å². The summed E-state index contributed by atoms with van der Waals surface area (Å²) in [5.74, 6) is 0.946. The summed E-state index contributed by atoms with van der Waals surface area (Å²) in [5.41, 5.74) is 0.682. The third-order valence-electron chi connectivity index (χ3n) is 5.50. The Morgan fingerprint density at radius 1 is 1.19 bits per heavy atom. The first-order valence-electron chi connectivity index (χ1n) is 9.37. The highest BCUT2D eigenvalue weighted by Crippen LogP contribution is 2.43. The molecule has 2 heterocycles. The Morgan fingerprint density at radius 3 is 2.78 bits per heavy atom. The molecular formula is C19H24FN3O3S. The molecule has 0 bridgehead atoms. The maximum Gasteiger partial charge on any atom is 0.241 e. The molecule has 146 valence electrons. The molecule has 2 aromatic rings. The largest absolute Gasteiger partial charge is 0.382 e. The molecule has 1 aliphatic carbocycles. The number of halogens is 1. The number of nitrogens with zero attached hydrogens (tertiary/aromatic N) is 1. The topological polar surface area (TPSA) is 80.3 Å². The minimum Gasteiger partial charge on any atom is -0.382 e. The SMILES string of the molecule is O=S(=O)(N[C@@H]1C[C@H]1C1CCOCC1)c1ccc(NCCF)c2cnccc12. The van der Waals surface area contributed by atoms with Gasteiger partial charge in [0.25, 0.3) is 0 Å². The van der Waals surface area contributed by atoms with Gasteiger partial charge in [-0.3, -0.25) is 4.98 Å². The highest BCUT2D eigenvalue weighted by molar-refractivity contribution is 7.89. The fourth-order valence-electron chi connectivity index (χ4n) is 4.01. The molecule has 1 saturated carbocycles. The van der Waals surface area contributed by atoms with Gasteiger partial charge in [0, 0.05) is 54.7 Å². The molecule has 4 rings (SSSR count). The number of benzene rings is 1. The number of fused-ring (bicyclic) bond motifs is 1. The van der Waals surface area contributed by atoms with Gasteiger partial charge in [-0.05, 0) is 49.3 Å². The standard InChI is InChI=1S/C19H24FN3O3S/c20-6-8-22-17-1-2-19(14-3-7-21-12-16(14)17)27(24,25)23-18-11-15(18)13-4-9-26-10-5-13/h1-3,7,12-13,15,18,22-23H,4-6,8-11H2/t15-,18+/m0/s1. The number of ether oxygens (including phenoxy) is 1. The predicted octanol–water partition coefficient (Wildman–Crippen LogP) is 2.71. The Balaban J connectivity index is 1.56. The number of sulfonamides is 1. The van der Waals surface area contributed by atoms with Crippen molar-refractivity contribution in [2.75, 3.05) is 31.7 Å². The lowest BCUT2D eigenvalue weighted by molar-refractivity contribution is 0.0591. The molecule has 2 N–H and O–H groups in total. The molecule has 0 amide bonds. The fourth-order valence-corrected chi connectivity index (χ4v) is 5.52. The van der Waals surface area contributed by atoms with Crippen molar-refractivity contribution in [2.45, 2.75) is 30.2 Å². The number of hydrogen-bond donors (Lipinski definition) is 2. The van der Waals surface area contributed by atoms with Crippen LogP contribution >= 0.6 is 0 Å². The molecule has 1 aliphatic heterocycles. The van der Waals surface area contributed by atoms with Crippen LogP contribution < -0.4 is 10.0 Å². The van der Waals surface area contributed by atoms with Gasteiger partial charge in [-0.2, -0.15) is 0 Å². The lowest BCUT2D eigenvalue weighted by Gasteiger charge is -2.22. The first kappa shape index (κ1) is 18.6. The number of anilines is 1. The Hall–Kier alpha value is -1.77. The summed E-state index contributed by atoms with van der Waals surface area (Å²) in [7, 11) is -3.64. The van der Waals surface area contributed by atoms with Gasteiger partial charge in [0.15, 0.2) is 0 Å². The van der Waals surface area contributed by atoms with Gasteiger partial charge in [0.05, 0.1) is 4.90 Å². The predicted molar refractivity (Wildman–Crippen MR) is 102 cm³/mol. The average molecular weight is 393 g/mol. The number of alkyl halides is 1. The van der Waals surface area contributed by atoms with E-state index in [1.54, 1.807) is 30.6 Å². The Labute approximate surface area is 158 Å². The van der Waals surface area contributed by atoms with Crippen molar-refractivity contribution in [1.29, 1.82) is 0 Å². The van der Waals surface area contributed by atoms with Gasteiger partial charge >= 0.3 is 0 Å². The second-order valence-corrected chi connectivity index (χ2v) is 8.91. The lowest BCUT2D eigenvalue weighted by atomic mass is 9.95. The van der Waals surface area contributed by atoms with Gasteiger partial charge in [-0.1, -0.05) is 0 Å². The molecule has 6 nitrogen and oxygen atoms in total. The molecule has 1 aromatic carbocycles. The molecule has 8 heteroatoms. The van der Waals surface area contributed by atoms with Gasteiger partial charge in [-0.25, -0.2) is 17.5 Å². The van der Waals surface area contributed by atoms with E-state index in [9.17, 15) is 12.8 Å². The molecule has 2 atom stereocenters. The summed E-state index contributed by atoms with van der Waals surface area (Å²) >= 11 is 0. The van der Waals surface area contributed by atoms with Gasteiger partial charge in [0.2, 0.25) is 10.0 Å². The van der Waals surface area contributed by atoms with E-state index in [0.29, 0.717) is 28.3 Å². The highest BCUT2D eigenvalue weighted by Gasteiger charge is 2.45. The molecule has 1 aromatic heterocycles. The van der Waals surface area contributed by atoms with Crippen LogP contribution in [0, 0.1) is 11.8 Å². The van der Waals surface area contributed by atoms with Crippen LogP contribution in [0.3, 0.4) is 0 Å². The molecule has 27 heavy (non-hydrogen) atoms. The maximum atomic E-state index is 13.0. The Kier molecular flexibility index (Phi) is 5.29. The number of aromatic nitrogens is 1. The van der Waals surface area contributed by atoms with Crippen LogP contribution in [0.25, 0.3) is 10.8 Å². The zero-order chi connectivity index (χ0) is 18.9. The van der Waals surface area contributed by atoms with Gasteiger partial charge in [0.1, 0.15) is 6.67 Å². The smallest absolute Gasteiger partial charge is 0.241 e. The zero-order valence-corrected chi connectivity index (χ0v) is 15.8. The van der Waals surface area contributed by atoms with Gasteiger partial charge in [-0.15, -0.1) is 0 Å². The summed E-state index contributed by atoms with van der Waals surface area (Å²) in [6, 6.07) is 4.95. The summed E-state index contributed by atoms with van der Waals surface area (Å²) in [6.07, 6.45) is 6.08. The van der Waals surface area contributed by atoms with Crippen LogP contribution in [-0.4, -0.2) is 45.9 Å². The summed E-state index contributed by atoms with van der Waals surface area (Å²) in [5, 5.41) is 4.24. The molecule has 0 unspecified atom stereocenters. The number of hydrogen-bond acceptors (Lipinski definition) is 5. The average Bonchev–Trinajstić information content (AvgIpc) is 3.45. The summed E-state index contributed by atoms with van der Waals surface area (Å²) in [6.45, 7) is 1.21. The molecule has 2 fully saturated rings. The van der Waals surface area contributed by atoms with E-state index in [4.69, 9.17) is 4.74 Å². The van der Waals surface area contributed by atoms with Gasteiger partial charge < -0.3 is 10.1 Å². The molecule has 1 saturated heterocycles. The van der Waals surface area contributed by atoms with E-state index < -0.39 is 16.7 Å². The third-order valence-corrected chi connectivity index (χ3v) is 7.04. The highest BCUT2D eigenvalue weighted by atomic mass is 32.2. The lowest BCUT2D eigenvalue weighted by Crippen LogP contribution is -2.29. The van der Waals surface area contributed by atoms with Crippen LogP contribution in [0.15, 0.2) is 35.5 Å². The molecule has 2 aliphatic rings. The Morgan fingerprint density at radius 2 is 2.00 bits per heavy atom. The van der Waals surface area contributed by atoms with Crippen LogP contribution in [0.5, 0.6) is 0 Å². The van der Waals surface area contributed by atoms with Crippen LogP contribution in [0.1, 0.15) is 19.3 Å². The van der Waals surface area contributed by atoms with Crippen molar-refractivity contribution in [1.82, 2.24) is 9.71 Å². The summed E-state index contributed by atoms with van der Waals surface area (Å²) < 4.78 is 46.8. The van der Waals surface area contributed by atoms with Crippen molar-refractivity contribution < 1.29 is 17.5 Å². The Bertz CT molecular complexity index is 916. The maximum absolute atomic E-state index is 13.0. The number of pyridine rings is 1. The van der Waals surface area contributed by atoms with E-state index in [1.165, 1.54) is 0 Å². The first-order valence-corrected chi connectivity index (χ1v) is 10.8. The van der Waals surface area contributed by atoms with Crippen molar-refractivity contribution >= 4 is 26.5 Å². The van der Waals surface area contributed by atoms with Crippen molar-refractivity contribution in [3.63, 3.8) is 0 Å². The number of rotatable bonds is 7. The van der Waals surface area contributed by atoms with Crippen LogP contribution in [-0.2, 0) is 14.8 Å². The van der Waals surface area contributed by atoms with E-state index in [0.717, 1.165) is 32.5 Å². The zero-order valence-electron chi connectivity index (χ0n) is 15.0. The first-order chi connectivity index (χ1) is 13.1. The van der Waals surface area contributed by atoms with E-state index >= 15 is 0 Å². The fraction of sp³-hybridized carbons (Fsp3) is 0.526. The van der Waals surface area contributed by atoms with E-state index in [-0.39, 0.29) is 17.5 Å². The normalized spacial score (nSPS) is 23.4. The van der Waals surface area contributed by atoms with Crippen LogP contribution in [0.4, 0.5) is 10.1 Å². The minimum absolute atomic E-state index is 0.000624. The minimum atomic E-state index is -3.64. The summed E-state index contributed by atoms with van der Waals surface area (Å²) in [4.78, 5) is 4.33. The van der Waals surface area contributed by atoms with Crippen molar-refractivity contribution in [3.8, 4) is 0 Å². The molecule has 0 radical (unpaired) electrons. The van der Waals surface area contributed by atoms with Crippen molar-refractivity contribution in [2.24, 2.45) is 11.8 Å². The monoisotopic (exact) mass is 393 g/mol. The quantitative estimate of drug-likeness (QED) is 0.756. The van der Waals surface area contributed by atoms with E-state index in [1.807, 2.05) is 0 Å². The van der Waals surface area contributed by atoms with E-state index in [2.05, 4.69) is 15.0 Å². The number of nitrogens with one attached hydrogen (secondary N) is 2.